The summed E-state index contributed by atoms with van der Waals surface area (Å²) in [5, 5.41) is 12.1. The largest absolute Gasteiger partial charge is 0.495 e. The smallest absolute Gasteiger partial charge is 0.259 e. The summed E-state index contributed by atoms with van der Waals surface area (Å²) < 4.78 is 14.2. The molecule has 44 heavy (non-hydrogen) atoms. The first-order valence-corrected chi connectivity index (χ1v) is 14.9. The number of aromatic nitrogens is 5. The fraction of sp³-hybridized carbons (Fsp3) is 0.367. The van der Waals surface area contributed by atoms with Crippen molar-refractivity contribution in [1.82, 2.24) is 29.6 Å². The van der Waals surface area contributed by atoms with E-state index in [-0.39, 0.29) is 39.2 Å². The number of nitrogens with zero attached hydrogens (tertiary/aromatic N) is 6. The minimum atomic E-state index is -0.369. The molecule has 0 bridgehead atoms. The highest BCUT2D eigenvalue weighted by Gasteiger charge is 2.36. The maximum Gasteiger partial charge on any atom is 0.259 e. The molecule has 2 N–H and O–H groups in total. The summed E-state index contributed by atoms with van der Waals surface area (Å²) in [7, 11) is 4.56. The Kier molecular flexibility index (Phi) is 8.12. The van der Waals surface area contributed by atoms with Crippen molar-refractivity contribution in [2.24, 2.45) is 7.05 Å². The van der Waals surface area contributed by atoms with Crippen molar-refractivity contribution in [1.29, 1.82) is 0 Å². The number of hydrogen-bond donors (Lipinski definition) is 2. The third-order valence-corrected chi connectivity index (χ3v) is 9.06. The average molecular weight is 640 g/mol. The van der Waals surface area contributed by atoms with Gasteiger partial charge in [0.1, 0.15) is 17.1 Å². The Morgan fingerprint density at radius 2 is 1.82 bits per heavy atom. The van der Waals surface area contributed by atoms with E-state index in [1.807, 2.05) is 16.9 Å². The number of rotatable bonds is 9. The number of ether oxygens (including phenoxy) is 2. The van der Waals surface area contributed by atoms with Crippen molar-refractivity contribution in [3.63, 3.8) is 0 Å². The first-order valence-electron chi connectivity index (χ1n) is 14.2. The number of anilines is 2. The molecule has 230 valence electrons. The highest BCUT2D eigenvalue weighted by molar-refractivity contribution is 6.41. The second-order valence-electron chi connectivity index (χ2n) is 10.9. The zero-order valence-corrected chi connectivity index (χ0v) is 26.0. The lowest BCUT2D eigenvalue weighted by Gasteiger charge is -2.25. The Balaban J connectivity index is 1.31. The number of amides is 1. The van der Waals surface area contributed by atoms with Crippen LogP contribution in [-0.2, 0) is 11.8 Å². The lowest BCUT2D eigenvalue weighted by Crippen LogP contribution is -2.45. The van der Waals surface area contributed by atoms with E-state index in [0.29, 0.717) is 53.2 Å². The Bertz CT molecular complexity index is 1790. The molecule has 1 saturated heterocycles. The second-order valence-corrected chi connectivity index (χ2v) is 11.6. The molecule has 0 spiro atoms. The lowest BCUT2D eigenvalue weighted by atomic mass is 9.93. The van der Waals surface area contributed by atoms with Crippen molar-refractivity contribution in [3.05, 3.63) is 63.6 Å². The van der Waals surface area contributed by atoms with Crippen LogP contribution in [0, 0.1) is 0 Å². The molecule has 2 aliphatic rings. The van der Waals surface area contributed by atoms with Gasteiger partial charge in [-0.1, -0.05) is 29.8 Å². The summed E-state index contributed by atoms with van der Waals surface area (Å²) in [4.78, 5) is 37.3. The molecule has 12 nitrogen and oxygen atoms in total. The van der Waals surface area contributed by atoms with Gasteiger partial charge >= 0.3 is 0 Å². The normalized spacial score (nSPS) is 18.2. The maximum atomic E-state index is 13.6. The topological polar surface area (TPSA) is 128 Å². The third-order valence-electron chi connectivity index (χ3n) is 8.31. The van der Waals surface area contributed by atoms with Crippen LogP contribution in [0.5, 0.6) is 11.5 Å². The Labute approximate surface area is 263 Å². The quantitative estimate of drug-likeness (QED) is 0.259. The number of pyridine rings is 1. The van der Waals surface area contributed by atoms with Gasteiger partial charge in [0.05, 0.1) is 48.0 Å². The molecule has 14 heteroatoms. The van der Waals surface area contributed by atoms with E-state index in [1.54, 1.807) is 25.4 Å². The Hall–Kier alpha value is -4.29. The highest BCUT2D eigenvalue weighted by Crippen LogP contribution is 2.45. The summed E-state index contributed by atoms with van der Waals surface area (Å²) >= 11 is 13.2. The molecule has 0 unspecified atom stereocenters. The molecule has 0 radical (unpaired) electrons. The maximum absolute atomic E-state index is 13.6. The van der Waals surface area contributed by atoms with Crippen LogP contribution in [0.2, 0.25) is 10.0 Å². The SMILES string of the molecule is C=CC(=O)N[C@H]1CN(c2ccn(C3CCC3)n2)C[C@H]1Nc1ncc2cc(-c3c(Cl)c(OC)cc(OC)c3Cl)c(=O)n(C)c2n1. The van der Waals surface area contributed by atoms with Crippen LogP contribution >= 0.6 is 23.2 Å². The van der Waals surface area contributed by atoms with Gasteiger partial charge in [0.25, 0.3) is 5.56 Å². The molecule has 1 aromatic carbocycles. The number of halogens is 2. The Morgan fingerprint density at radius 3 is 2.45 bits per heavy atom. The minimum absolute atomic E-state index is 0.185. The molecule has 4 aromatic rings. The fourth-order valence-corrected chi connectivity index (χ4v) is 6.36. The molecule has 1 aliphatic carbocycles. The van der Waals surface area contributed by atoms with Crippen LogP contribution in [0.15, 0.2) is 48.0 Å². The average Bonchev–Trinajstić information content (AvgIpc) is 3.62. The van der Waals surface area contributed by atoms with Gasteiger partial charge in [-0.05, 0) is 31.4 Å². The van der Waals surface area contributed by atoms with Gasteiger partial charge in [-0.2, -0.15) is 10.1 Å². The zero-order valence-electron chi connectivity index (χ0n) is 24.5. The molecular weight excluding hydrogens is 607 g/mol. The van der Waals surface area contributed by atoms with Crippen LogP contribution in [0.1, 0.15) is 25.3 Å². The predicted molar refractivity (Wildman–Crippen MR) is 170 cm³/mol. The van der Waals surface area contributed by atoms with Crippen LogP contribution < -0.4 is 30.6 Å². The third kappa shape index (κ3) is 5.32. The monoisotopic (exact) mass is 638 g/mol. The number of hydrogen-bond acceptors (Lipinski definition) is 9. The molecule has 1 amide bonds. The molecule has 2 atom stereocenters. The van der Waals surface area contributed by atoms with E-state index in [4.69, 9.17) is 37.8 Å². The first-order chi connectivity index (χ1) is 21.2. The molecule has 1 aliphatic heterocycles. The summed E-state index contributed by atoms with van der Waals surface area (Å²) in [6.07, 6.45) is 8.39. The van der Waals surface area contributed by atoms with Crippen LogP contribution in [0.3, 0.4) is 0 Å². The van der Waals surface area contributed by atoms with Gasteiger partial charge in [-0.25, -0.2) is 4.98 Å². The number of benzene rings is 1. The number of nitrogens with one attached hydrogen (secondary N) is 2. The van der Waals surface area contributed by atoms with Gasteiger partial charge in [0.2, 0.25) is 11.9 Å². The lowest BCUT2D eigenvalue weighted by molar-refractivity contribution is -0.117. The van der Waals surface area contributed by atoms with E-state index in [1.165, 1.54) is 31.3 Å². The van der Waals surface area contributed by atoms with Crippen molar-refractivity contribution in [3.8, 4) is 22.6 Å². The van der Waals surface area contributed by atoms with Crippen molar-refractivity contribution in [2.45, 2.75) is 37.4 Å². The van der Waals surface area contributed by atoms with Crippen LogP contribution in [-0.4, -0.2) is 69.6 Å². The first kappa shape index (κ1) is 29.8. The molecule has 6 rings (SSSR count). The fourth-order valence-electron chi connectivity index (χ4n) is 5.66. The highest BCUT2D eigenvalue weighted by atomic mass is 35.5. The van der Waals surface area contributed by atoms with E-state index >= 15 is 0 Å². The summed E-state index contributed by atoms with van der Waals surface area (Å²) in [6, 6.07) is 5.15. The number of aryl methyl sites for hydroxylation is 1. The van der Waals surface area contributed by atoms with Crippen LogP contribution in [0.4, 0.5) is 11.8 Å². The van der Waals surface area contributed by atoms with E-state index in [2.05, 4.69) is 32.1 Å². The number of carbonyl (C=O) groups excluding carboxylic acids is 1. The number of fused-ring (bicyclic) bond motifs is 1. The van der Waals surface area contributed by atoms with Crippen molar-refractivity contribution < 1.29 is 14.3 Å². The molecule has 4 heterocycles. The molecular formula is C30H32Cl2N8O4. The Morgan fingerprint density at radius 1 is 1.11 bits per heavy atom. The van der Waals surface area contributed by atoms with E-state index in [0.717, 1.165) is 18.7 Å². The van der Waals surface area contributed by atoms with Gasteiger partial charge in [-0.15, -0.1) is 0 Å². The van der Waals surface area contributed by atoms with E-state index in [9.17, 15) is 9.59 Å². The van der Waals surface area contributed by atoms with Gasteiger partial charge in [-0.3, -0.25) is 18.8 Å². The summed E-state index contributed by atoms with van der Waals surface area (Å²) in [5.74, 6) is 1.52. The molecule has 3 aromatic heterocycles. The van der Waals surface area contributed by atoms with Crippen molar-refractivity contribution in [2.75, 3.05) is 37.5 Å². The van der Waals surface area contributed by atoms with Crippen LogP contribution in [0.25, 0.3) is 22.2 Å². The summed E-state index contributed by atoms with van der Waals surface area (Å²) in [5.41, 5.74) is 0.572. The minimum Gasteiger partial charge on any atom is -0.495 e. The molecule has 2 fully saturated rings. The number of methoxy groups -OCH3 is 2. The van der Waals surface area contributed by atoms with Crippen molar-refractivity contribution >= 4 is 51.9 Å². The summed E-state index contributed by atoms with van der Waals surface area (Å²) in [6.45, 7) is 4.68. The van der Waals surface area contributed by atoms with Gasteiger partial charge < -0.3 is 25.0 Å². The predicted octanol–water partition coefficient (Wildman–Crippen LogP) is 4.21. The van der Waals surface area contributed by atoms with Gasteiger partial charge in [0.15, 0.2) is 5.82 Å². The second kappa shape index (κ2) is 12.0. The molecule has 1 saturated carbocycles. The van der Waals surface area contributed by atoms with Gasteiger partial charge in [0, 0.05) is 55.6 Å². The van der Waals surface area contributed by atoms with E-state index < -0.39 is 0 Å². The zero-order chi connectivity index (χ0) is 31.1. The standard InChI is InChI=1S/C30H32Cl2N8O4/c1-5-24(41)34-19-14-39(23-9-10-40(37-23)17-7-6-8-17)15-20(19)35-30-33-13-16-11-18(29(42)38(2)28(16)36-30)25-26(31)21(43-3)12-22(44-4)27(25)32/h5,9-13,17,19-20H,1,6-8,14-15H2,2-4H3,(H,34,41)(H,33,35,36)/t19-,20+/m0/s1. The number of carbonyl (C=O) groups is 1.